The van der Waals surface area contributed by atoms with Crippen LogP contribution in [0.25, 0.3) is 0 Å². The standard InChI is InChI=1S/C28H28N2O5/c1-33-19-10-8-17(9-11-19)16-29-27(31)25-21-14-23(34-2)24(35-3)15-22(21)28(32)30-13-12-18-6-4-5-7-20(18)26(25)30/h4-11,14-15,25-26H,12-13,16H2,1-3H3,(H,29,31)/t25-,26-/m0/s1. The first kappa shape index (κ1) is 22.8. The number of methoxy groups -OCH3 is 3. The maximum atomic E-state index is 13.8. The molecule has 0 saturated heterocycles. The molecular weight excluding hydrogens is 444 g/mol. The number of amides is 2. The number of nitrogens with one attached hydrogen (secondary N) is 1. The number of carbonyl (C=O) groups is 2. The van der Waals surface area contributed by atoms with Crippen LogP contribution in [0.5, 0.6) is 17.2 Å². The summed E-state index contributed by atoms with van der Waals surface area (Å²) >= 11 is 0. The van der Waals surface area contributed by atoms with Gasteiger partial charge in [-0.25, -0.2) is 0 Å². The average Bonchev–Trinajstić information content (AvgIpc) is 2.91. The minimum atomic E-state index is -0.595. The van der Waals surface area contributed by atoms with E-state index >= 15 is 0 Å². The van der Waals surface area contributed by atoms with E-state index < -0.39 is 12.0 Å². The van der Waals surface area contributed by atoms with Gasteiger partial charge in [-0.05, 0) is 52.9 Å². The SMILES string of the molecule is COc1ccc(CNC(=O)[C@H]2c3cc(OC)c(OC)cc3C(=O)N3CCc4ccccc4[C@@H]23)cc1. The van der Waals surface area contributed by atoms with E-state index in [0.29, 0.717) is 35.7 Å². The van der Waals surface area contributed by atoms with Crippen LogP contribution in [0.15, 0.2) is 60.7 Å². The van der Waals surface area contributed by atoms with Crippen molar-refractivity contribution in [3.05, 3.63) is 88.5 Å². The van der Waals surface area contributed by atoms with E-state index in [9.17, 15) is 9.59 Å². The van der Waals surface area contributed by atoms with Gasteiger partial charge in [-0.2, -0.15) is 0 Å². The Morgan fingerprint density at radius 3 is 2.37 bits per heavy atom. The highest BCUT2D eigenvalue weighted by molar-refractivity contribution is 6.02. The molecule has 3 aromatic rings. The maximum absolute atomic E-state index is 13.8. The highest BCUT2D eigenvalue weighted by Gasteiger charge is 2.46. The smallest absolute Gasteiger partial charge is 0.254 e. The molecule has 5 rings (SSSR count). The predicted molar refractivity (Wildman–Crippen MR) is 131 cm³/mol. The molecule has 2 heterocycles. The molecule has 3 aromatic carbocycles. The Hall–Kier alpha value is -4.00. The van der Waals surface area contributed by atoms with Crippen LogP contribution in [0, 0.1) is 0 Å². The highest BCUT2D eigenvalue weighted by Crippen LogP contribution is 2.48. The van der Waals surface area contributed by atoms with Crippen LogP contribution < -0.4 is 19.5 Å². The summed E-state index contributed by atoms with van der Waals surface area (Å²) in [6.07, 6.45) is 0.751. The van der Waals surface area contributed by atoms with E-state index in [-0.39, 0.29) is 11.8 Å². The normalized spacial score (nSPS) is 18.1. The molecule has 0 fully saturated rings. The molecule has 7 heteroatoms. The van der Waals surface area contributed by atoms with Crippen molar-refractivity contribution in [2.24, 2.45) is 0 Å². The molecule has 180 valence electrons. The zero-order valence-electron chi connectivity index (χ0n) is 20.0. The first-order valence-corrected chi connectivity index (χ1v) is 11.6. The number of carbonyl (C=O) groups excluding carboxylic acids is 2. The van der Waals surface area contributed by atoms with Crippen molar-refractivity contribution in [1.29, 1.82) is 0 Å². The average molecular weight is 473 g/mol. The summed E-state index contributed by atoms with van der Waals surface area (Å²) in [7, 11) is 4.71. The first-order chi connectivity index (χ1) is 17.0. The molecule has 2 amide bonds. The Balaban J connectivity index is 1.57. The number of hydrogen-bond donors (Lipinski definition) is 1. The summed E-state index contributed by atoms with van der Waals surface area (Å²) in [5.41, 5.74) is 4.26. The number of rotatable bonds is 6. The van der Waals surface area contributed by atoms with Crippen molar-refractivity contribution >= 4 is 11.8 Å². The molecule has 0 spiro atoms. The lowest BCUT2D eigenvalue weighted by Crippen LogP contribution is -2.50. The molecule has 2 atom stereocenters. The third kappa shape index (κ3) is 3.97. The summed E-state index contributed by atoms with van der Waals surface area (Å²) in [5.74, 6) is 0.878. The predicted octanol–water partition coefficient (Wildman–Crippen LogP) is 3.87. The Kier molecular flexibility index (Phi) is 6.07. The van der Waals surface area contributed by atoms with Gasteiger partial charge in [0.25, 0.3) is 5.91 Å². The molecule has 35 heavy (non-hydrogen) atoms. The first-order valence-electron chi connectivity index (χ1n) is 11.6. The van der Waals surface area contributed by atoms with E-state index in [1.54, 1.807) is 26.4 Å². The number of benzene rings is 3. The quantitative estimate of drug-likeness (QED) is 0.590. The number of ether oxygens (including phenoxy) is 3. The van der Waals surface area contributed by atoms with Crippen molar-refractivity contribution in [3.8, 4) is 17.2 Å². The lowest BCUT2D eigenvalue weighted by Gasteiger charge is -2.45. The Labute approximate surface area is 204 Å². The molecule has 0 aromatic heterocycles. The van der Waals surface area contributed by atoms with Gasteiger partial charge in [0.2, 0.25) is 5.91 Å². The van der Waals surface area contributed by atoms with Gasteiger partial charge in [0.05, 0.1) is 33.3 Å². The second-order valence-corrected chi connectivity index (χ2v) is 8.73. The fourth-order valence-electron chi connectivity index (χ4n) is 5.17. The van der Waals surface area contributed by atoms with Crippen molar-refractivity contribution in [2.45, 2.75) is 24.9 Å². The molecule has 0 bridgehead atoms. The summed E-state index contributed by atoms with van der Waals surface area (Å²) in [6.45, 7) is 0.917. The van der Waals surface area contributed by atoms with Crippen molar-refractivity contribution < 1.29 is 23.8 Å². The summed E-state index contributed by atoms with van der Waals surface area (Å²) in [4.78, 5) is 29.3. The molecule has 7 nitrogen and oxygen atoms in total. The third-order valence-electron chi connectivity index (χ3n) is 6.94. The van der Waals surface area contributed by atoms with Gasteiger partial charge in [0.1, 0.15) is 5.75 Å². The minimum absolute atomic E-state index is 0.0975. The highest BCUT2D eigenvalue weighted by atomic mass is 16.5. The van der Waals surface area contributed by atoms with Crippen molar-refractivity contribution in [1.82, 2.24) is 10.2 Å². The summed E-state index contributed by atoms with van der Waals surface area (Å²) < 4.78 is 16.2. The molecule has 1 N–H and O–H groups in total. The molecular formula is C28H28N2O5. The van der Waals surface area contributed by atoms with E-state index in [4.69, 9.17) is 14.2 Å². The van der Waals surface area contributed by atoms with Gasteiger partial charge < -0.3 is 24.4 Å². The largest absolute Gasteiger partial charge is 0.497 e. The topological polar surface area (TPSA) is 77.1 Å². The van der Waals surface area contributed by atoms with Gasteiger partial charge in [-0.15, -0.1) is 0 Å². The maximum Gasteiger partial charge on any atom is 0.254 e. The second-order valence-electron chi connectivity index (χ2n) is 8.73. The molecule has 0 unspecified atom stereocenters. The fraction of sp³-hybridized carbons (Fsp3) is 0.286. The van der Waals surface area contributed by atoms with Crippen LogP contribution in [-0.4, -0.2) is 44.6 Å². The van der Waals surface area contributed by atoms with Crippen LogP contribution in [0.1, 0.15) is 44.6 Å². The zero-order chi connectivity index (χ0) is 24.5. The zero-order valence-corrected chi connectivity index (χ0v) is 20.0. The van der Waals surface area contributed by atoms with Gasteiger partial charge in [-0.3, -0.25) is 9.59 Å². The third-order valence-corrected chi connectivity index (χ3v) is 6.94. The van der Waals surface area contributed by atoms with Crippen LogP contribution in [0.3, 0.4) is 0 Å². The van der Waals surface area contributed by atoms with E-state index in [2.05, 4.69) is 11.4 Å². The Morgan fingerprint density at radius 2 is 1.66 bits per heavy atom. The van der Waals surface area contributed by atoms with Crippen LogP contribution in [0.2, 0.25) is 0 Å². The molecule has 2 aliphatic rings. The van der Waals surface area contributed by atoms with Crippen LogP contribution >= 0.6 is 0 Å². The molecule has 2 aliphatic heterocycles. The number of nitrogens with zero attached hydrogens (tertiary/aromatic N) is 1. The van der Waals surface area contributed by atoms with Gasteiger partial charge in [0, 0.05) is 18.7 Å². The van der Waals surface area contributed by atoms with Gasteiger partial charge >= 0.3 is 0 Å². The summed E-state index contributed by atoms with van der Waals surface area (Å²) in [6, 6.07) is 18.7. The van der Waals surface area contributed by atoms with E-state index in [1.165, 1.54) is 12.7 Å². The Morgan fingerprint density at radius 1 is 0.943 bits per heavy atom. The fourth-order valence-corrected chi connectivity index (χ4v) is 5.17. The molecule has 0 aliphatic carbocycles. The molecule has 0 radical (unpaired) electrons. The lowest BCUT2D eigenvalue weighted by atomic mass is 9.75. The van der Waals surface area contributed by atoms with Crippen LogP contribution in [0.4, 0.5) is 0 Å². The van der Waals surface area contributed by atoms with E-state index in [0.717, 1.165) is 23.3 Å². The van der Waals surface area contributed by atoms with Crippen LogP contribution in [-0.2, 0) is 17.8 Å². The minimum Gasteiger partial charge on any atom is -0.497 e. The Bertz CT molecular complexity index is 1270. The summed E-state index contributed by atoms with van der Waals surface area (Å²) in [5, 5.41) is 3.10. The van der Waals surface area contributed by atoms with E-state index in [1.807, 2.05) is 47.4 Å². The molecule has 0 saturated carbocycles. The van der Waals surface area contributed by atoms with Gasteiger partial charge in [0.15, 0.2) is 11.5 Å². The second kappa shape index (κ2) is 9.33. The van der Waals surface area contributed by atoms with Crippen molar-refractivity contribution in [3.63, 3.8) is 0 Å². The van der Waals surface area contributed by atoms with Crippen molar-refractivity contribution in [2.75, 3.05) is 27.9 Å². The monoisotopic (exact) mass is 472 g/mol. The lowest BCUT2D eigenvalue weighted by molar-refractivity contribution is -0.124. The van der Waals surface area contributed by atoms with Gasteiger partial charge in [-0.1, -0.05) is 36.4 Å². The number of fused-ring (bicyclic) bond motifs is 4. The number of hydrogen-bond acceptors (Lipinski definition) is 5.